The molecule has 0 unspecified atom stereocenters. The van der Waals surface area contributed by atoms with Crippen LogP contribution in [0.25, 0.3) is 0 Å². The fourth-order valence-corrected chi connectivity index (χ4v) is 1.51. The summed E-state index contributed by atoms with van der Waals surface area (Å²) >= 11 is 0. The second kappa shape index (κ2) is 7.30. The zero-order valence-corrected chi connectivity index (χ0v) is 10.6. The molecule has 2 N–H and O–H groups in total. The average molecular weight is 247 g/mol. The van der Waals surface area contributed by atoms with Crippen molar-refractivity contribution in [3.05, 3.63) is 29.3 Å². The van der Waals surface area contributed by atoms with Crippen LogP contribution in [-0.4, -0.2) is 26.6 Å². The maximum Gasteiger partial charge on any atom is 0.221 e. The van der Waals surface area contributed by atoms with E-state index in [2.05, 4.69) is 16.7 Å². The number of nitrogens with one attached hydrogen (secondary N) is 2. The minimum Gasteiger partial charge on any atom is -0.495 e. The third-order valence-corrected chi connectivity index (χ3v) is 2.52. The van der Waals surface area contributed by atoms with E-state index in [0.29, 0.717) is 30.8 Å². The first-order chi connectivity index (χ1) is 8.71. The van der Waals surface area contributed by atoms with Crippen molar-refractivity contribution in [2.24, 2.45) is 0 Å². The van der Waals surface area contributed by atoms with Crippen molar-refractivity contribution in [2.45, 2.75) is 13.0 Å². The summed E-state index contributed by atoms with van der Waals surface area (Å²) in [4.78, 5) is 11.0. The van der Waals surface area contributed by atoms with Gasteiger partial charge in [0.15, 0.2) is 0 Å². The molecule has 0 spiro atoms. The Balaban J connectivity index is 2.48. The van der Waals surface area contributed by atoms with Crippen LogP contribution >= 0.6 is 0 Å². The van der Waals surface area contributed by atoms with E-state index in [1.807, 2.05) is 6.07 Å². The topological polar surface area (TPSA) is 74.2 Å². The molecule has 5 nitrogen and oxygen atoms in total. The highest BCUT2D eigenvalue weighted by molar-refractivity contribution is 5.75. The molecule has 0 heterocycles. The van der Waals surface area contributed by atoms with Crippen LogP contribution in [0.15, 0.2) is 18.2 Å². The number of hydrogen-bond acceptors (Lipinski definition) is 4. The number of carbonyl (C=O) groups is 1. The SMILES string of the molecule is CNC(=O)CCNCc1ccc(OC)c(C#N)c1. The van der Waals surface area contributed by atoms with E-state index in [9.17, 15) is 4.79 Å². The van der Waals surface area contributed by atoms with E-state index in [-0.39, 0.29) is 5.91 Å². The van der Waals surface area contributed by atoms with Crippen LogP contribution in [0.5, 0.6) is 5.75 Å². The van der Waals surface area contributed by atoms with Gasteiger partial charge in [-0.2, -0.15) is 5.26 Å². The number of hydrogen-bond donors (Lipinski definition) is 2. The smallest absolute Gasteiger partial charge is 0.221 e. The highest BCUT2D eigenvalue weighted by atomic mass is 16.5. The minimum absolute atomic E-state index is 0.00921. The Morgan fingerprint density at radius 3 is 2.89 bits per heavy atom. The van der Waals surface area contributed by atoms with E-state index in [4.69, 9.17) is 10.00 Å². The molecule has 0 aliphatic heterocycles. The van der Waals surface area contributed by atoms with Crippen LogP contribution in [0.2, 0.25) is 0 Å². The molecule has 0 radical (unpaired) electrons. The summed E-state index contributed by atoms with van der Waals surface area (Å²) in [6.07, 6.45) is 0.442. The van der Waals surface area contributed by atoms with Crippen LogP contribution in [-0.2, 0) is 11.3 Å². The predicted octanol–water partition coefficient (Wildman–Crippen LogP) is 0.793. The van der Waals surface area contributed by atoms with Crippen molar-refractivity contribution in [3.8, 4) is 11.8 Å². The lowest BCUT2D eigenvalue weighted by Gasteiger charge is -2.07. The molecule has 96 valence electrons. The molecular weight excluding hydrogens is 230 g/mol. The molecule has 0 aromatic heterocycles. The Bertz CT molecular complexity index is 452. The first-order valence-electron chi connectivity index (χ1n) is 5.69. The quantitative estimate of drug-likeness (QED) is 0.729. The monoisotopic (exact) mass is 247 g/mol. The molecule has 0 atom stereocenters. The Kier molecular flexibility index (Phi) is 5.68. The number of amides is 1. The lowest BCUT2D eigenvalue weighted by atomic mass is 10.1. The summed E-state index contributed by atoms with van der Waals surface area (Å²) in [5, 5.41) is 14.7. The van der Waals surface area contributed by atoms with Crippen LogP contribution < -0.4 is 15.4 Å². The highest BCUT2D eigenvalue weighted by Gasteiger charge is 2.03. The summed E-state index contributed by atoms with van der Waals surface area (Å²) in [5.41, 5.74) is 1.51. The molecule has 1 aromatic rings. The molecule has 18 heavy (non-hydrogen) atoms. The largest absolute Gasteiger partial charge is 0.495 e. The number of nitrogens with zero attached hydrogens (tertiary/aromatic N) is 1. The number of ether oxygens (including phenoxy) is 1. The van der Waals surface area contributed by atoms with Gasteiger partial charge >= 0.3 is 0 Å². The van der Waals surface area contributed by atoms with Gasteiger partial charge in [0, 0.05) is 26.6 Å². The van der Waals surface area contributed by atoms with E-state index in [0.717, 1.165) is 5.56 Å². The van der Waals surface area contributed by atoms with Gasteiger partial charge in [0.1, 0.15) is 11.8 Å². The molecule has 0 aliphatic rings. The first-order valence-corrected chi connectivity index (χ1v) is 5.69. The molecule has 0 bridgehead atoms. The first kappa shape index (κ1) is 14.0. The Morgan fingerprint density at radius 1 is 1.50 bits per heavy atom. The van der Waals surface area contributed by atoms with Gasteiger partial charge in [0.25, 0.3) is 0 Å². The van der Waals surface area contributed by atoms with Crippen LogP contribution in [0.3, 0.4) is 0 Å². The maximum absolute atomic E-state index is 11.0. The van der Waals surface area contributed by atoms with Gasteiger partial charge in [0.2, 0.25) is 5.91 Å². The van der Waals surface area contributed by atoms with Gasteiger partial charge in [-0.15, -0.1) is 0 Å². The van der Waals surface area contributed by atoms with Gasteiger partial charge in [-0.1, -0.05) is 6.07 Å². The molecule has 1 rings (SSSR count). The third-order valence-electron chi connectivity index (χ3n) is 2.52. The number of carbonyl (C=O) groups excluding carboxylic acids is 1. The fourth-order valence-electron chi connectivity index (χ4n) is 1.51. The minimum atomic E-state index is 0.00921. The summed E-state index contributed by atoms with van der Waals surface area (Å²) in [6, 6.07) is 7.54. The van der Waals surface area contributed by atoms with E-state index in [1.165, 1.54) is 7.11 Å². The second-order valence-electron chi connectivity index (χ2n) is 3.75. The standard InChI is InChI=1S/C13H17N3O2/c1-15-13(17)5-6-16-9-10-3-4-12(18-2)11(7-10)8-14/h3-4,7,16H,5-6,9H2,1-2H3,(H,15,17). The summed E-state index contributed by atoms with van der Waals surface area (Å²) in [5.74, 6) is 0.585. The molecule has 1 amide bonds. The number of nitriles is 1. The van der Waals surface area contributed by atoms with Crippen molar-refractivity contribution in [1.29, 1.82) is 5.26 Å². The van der Waals surface area contributed by atoms with Crippen LogP contribution in [0.4, 0.5) is 0 Å². The Labute approximate surface area is 107 Å². The molecule has 0 saturated carbocycles. The summed E-state index contributed by atoms with van der Waals surface area (Å²) < 4.78 is 5.07. The third kappa shape index (κ3) is 4.07. The summed E-state index contributed by atoms with van der Waals surface area (Å²) in [7, 11) is 3.16. The van der Waals surface area contributed by atoms with E-state index in [1.54, 1.807) is 19.2 Å². The maximum atomic E-state index is 11.0. The van der Waals surface area contributed by atoms with Gasteiger partial charge in [0.05, 0.1) is 12.7 Å². The molecular formula is C13H17N3O2. The van der Waals surface area contributed by atoms with Crippen LogP contribution in [0.1, 0.15) is 17.5 Å². The van der Waals surface area contributed by atoms with E-state index >= 15 is 0 Å². The Hall–Kier alpha value is -2.06. The van der Waals surface area contributed by atoms with Gasteiger partial charge in [-0.3, -0.25) is 4.79 Å². The Morgan fingerprint density at radius 2 is 2.28 bits per heavy atom. The average Bonchev–Trinajstić information content (AvgIpc) is 2.42. The lowest BCUT2D eigenvalue weighted by molar-refractivity contribution is -0.120. The van der Waals surface area contributed by atoms with Crippen molar-refractivity contribution < 1.29 is 9.53 Å². The number of rotatable bonds is 6. The van der Waals surface area contributed by atoms with Crippen molar-refractivity contribution in [1.82, 2.24) is 10.6 Å². The van der Waals surface area contributed by atoms with Crippen molar-refractivity contribution in [3.63, 3.8) is 0 Å². The molecule has 1 aromatic carbocycles. The lowest BCUT2D eigenvalue weighted by Crippen LogP contribution is -2.24. The molecule has 0 saturated heterocycles. The van der Waals surface area contributed by atoms with Gasteiger partial charge in [-0.25, -0.2) is 0 Å². The highest BCUT2D eigenvalue weighted by Crippen LogP contribution is 2.18. The predicted molar refractivity (Wildman–Crippen MR) is 68.1 cm³/mol. The van der Waals surface area contributed by atoms with Crippen LogP contribution in [0, 0.1) is 11.3 Å². The van der Waals surface area contributed by atoms with Gasteiger partial charge < -0.3 is 15.4 Å². The van der Waals surface area contributed by atoms with Crippen molar-refractivity contribution in [2.75, 3.05) is 20.7 Å². The fraction of sp³-hybridized carbons (Fsp3) is 0.385. The van der Waals surface area contributed by atoms with E-state index < -0.39 is 0 Å². The molecule has 5 heteroatoms. The van der Waals surface area contributed by atoms with Crippen molar-refractivity contribution >= 4 is 5.91 Å². The normalized spacial score (nSPS) is 9.61. The zero-order valence-electron chi connectivity index (χ0n) is 10.6. The number of benzene rings is 1. The zero-order chi connectivity index (χ0) is 13.4. The molecule has 0 aliphatic carbocycles. The summed E-state index contributed by atoms with van der Waals surface area (Å²) in [6.45, 7) is 1.23. The second-order valence-corrected chi connectivity index (χ2v) is 3.75. The molecule has 0 fully saturated rings. The van der Waals surface area contributed by atoms with Gasteiger partial charge in [-0.05, 0) is 17.7 Å². The number of methoxy groups -OCH3 is 1.